The van der Waals surface area contributed by atoms with Gasteiger partial charge in [0.2, 0.25) is 0 Å². The molecule has 5 nitrogen and oxygen atoms in total. The van der Waals surface area contributed by atoms with Gasteiger partial charge in [0.1, 0.15) is 5.69 Å². The molecule has 1 aromatic carbocycles. The molecule has 0 fully saturated rings. The lowest BCUT2D eigenvalue weighted by Crippen LogP contribution is -2.07. The highest BCUT2D eigenvalue weighted by molar-refractivity contribution is 5.62. The normalized spacial score (nSPS) is 10.2. The van der Waals surface area contributed by atoms with Gasteiger partial charge in [-0.15, -0.1) is 0 Å². The number of anilines is 1. The second kappa shape index (κ2) is 5.95. The number of benzene rings is 1. The number of aromatic nitrogens is 1. The number of hydrogen-bond acceptors (Lipinski definition) is 4. The fraction of sp³-hybridized carbons (Fsp3) is 0.214. The highest BCUT2D eigenvalue weighted by atomic mass is 16.6. The molecule has 0 aliphatic carbocycles. The van der Waals surface area contributed by atoms with E-state index in [-0.39, 0.29) is 10.6 Å². The van der Waals surface area contributed by atoms with Crippen LogP contribution in [-0.2, 0) is 6.42 Å². The number of nitrogens with one attached hydrogen (secondary N) is 1. The molecular formula is C14H15N3O2. The first-order valence-electron chi connectivity index (χ1n) is 6.04. The fourth-order valence-electron chi connectivity index (χ4n) is 1.84. The Kier molecular flexibility index (Phi) is 4.07. The molecule has 0 aliphatic heterocycles. The lowest BCUT2D eigenvalue weighted by Gasteiger charge is -2.07. The number of nitro benzene ring substituents is 1. The lowest BCUT2D eigenvalue weighted by atomic mass is 10.1. The summed E-state index contributed by atoms with van der Waals surface area (Å²) < 4.78 is 0. The van der Waals surface area contributed by atoms with E-state index in [0.29, 0.717) is 12.2 Å². The molecular weight excluding hydrogens is 242 g/mol. The summed E-state index contributed by atoms with van der Waals surface area (Å²) in [6.45, 7) is 2.55. The van der Waals surface area contributed by atoms with Gasteiger partial charge in [-0.25, -0.2) is 0 Å². The second-order valence-corrected chi connectivity index (χ2v) is 4.32. The molecule has 0 aliphatic rings. The van der Waals surface area contributed by atoms with Gasteiger partial charge in [-0.3, -0.25) is 15.1 Å². The Bertz CT molecular complexity index is 570. The highest BCUT2D eigenvalue weighted by Crippen LogP contribution is 2.25. The van der Waals surface area contributed by atoms with Gasteiger partial charge in [0, 0.05) is 25.0 Å². The maximum absolute atomic E-state index is 10.9. The zero-order chi connectivity index (χ0) is 13.7. The molecule has 0 saturated carbocycles. The third-order valence-corrected chi connectivity index (χ3v) is 2.80. The van der Waals surface area contributed by atoms with E-state index in [4.69, 9.17) is 0 Å². The van der Waals surface area contributed by atoms with E-state index >= 15 is 0 Å². The third-order valence-electron chi connectivity index (χ3n) is 2.80. The standard InChI is InChI=1S/C14H15N3O2/c1-11-4-5-14(17(18)19)13(9-11)16-8-6-12-3-2-7-15-10-12/h2-5,7,9-10,16H,6,8H2,1H3. The lowest BCUT2D eigenvalue weighted by molar-refractivity contribution is -0.384. The average Bonchev–Trinajstić information content (AvgIpc) is 2.39. The zero-order valence-electron chi connectivity index (χ0n) is 10.7. The molecule has 0 spiro atoms. The second-order valence-electron chi connectivity index (χ2n) is 4.32. The van der Waals surface area contributed by atoms with Crippen molar-refractivity contribution in [2.75, 3.05) is 11.9 Å². The fourth-order valence-corrected chi connectivity index (χ4v) is 1.84. The van der Waals surface area contributed by atoms with Crippen LogP contribution < -0.4 is 5.32 Å². The topological polar surface area (TPSA) is 68.1 Å². The number of nitrogens with zero attached hydrogens (tertiary/aromatic N) is 2. The van der Waals surface area contributed by atoms with Gasteiger partial charge in [-0.05, 0) is 36.6 Å². The number of pyridine rings is 1. The van der Waals surface area contributed by atoms with E-state index in [1.807, 2.05) is 19.1 Å². The van der Waals surface area contributed by atoms with Crippen LogP contribution in [0.25, 0.3) is 0 Å². The van der Waals surface area contributed by atoms with E-state index in [2.05, 4.69) is 10.3 Å². The molecule has 0 atom stereocenters. The van der Waals surface area contributed by atoms with Crippen LogP contribution >= 0.6 is 0 Å². The van der Waals surface area contributed by atoms with E-state index < -0.39 is 0 Å². The van der Waals surface area contributed by atoms with Crippen LogP contribution in [0.4, 0.5) is 11.4 Å². The predicted molar refractivity (Wildman–Crippen MR) is 74.3 cm³/mol. The maximum atomic E-state index is 10.9. The van der Waals surface area contributed by atoms with Crippen LogP contribution in [0.3, 0.4) is 0 Å². The largest absolute Gasteiger partial charge is 0.379 e. The van der Waals surface area contributed by atoms with Crippen LogP contribution in [0.1, 0.15) is 11.1 Å². The van der Waals surface area contributed by atoms with Crippen molar-refractivity contribution in [3.63, 3.8) is 0 Å². The average molecular weight is 257 g/mol. The minimum absolute atomic E-state index is 0.108. The summed E-state index contributed by atoms with van der Waals surface area (Å²) in [5.74, 6) is 0. The van der Waals surface area contributed by atoms with Gasteiger partial charge in [0.15, 0.2) is 0 Å². The molecule has 0 unspecified atom stereocenters. The van der Waals surface area contributed by atoms with Crippen molar-refractivity contribution >= 4 is 11.4 Å². The summed E-state index contributed by atoms with van der Waals surface area (Å²) in [6, 6.07) is 8.93. The summed E-state index contributed by atoms with van der Waals surface area (Å²) in [5, 5.41) is 14.0. The number of nitro groups is 1. The molecule has 0 bridgehead atoms. The van der Waals surface area contributed by atoms with Gasteiger partial charge >= 0.3 is 0 Å². The number of aryl methyl sites for hydroxylation is 1. The summed E-state index contributed by atoms with van der Waals surface area (Å²) >= 11 is 0. The van der Waals surface area contributed by atoms with Crippen LogP contribution in [0, 0.1) is 17.0 Å². The van der Waals surface area contributed by atoms with Gasteiger partial charge in [-0.1, -0.05) is 12.1 Å². The minimum atomic E-state index is -0.369. The van der Waals surface area contributed by atoms with Crippen molar-refractivity contribution < 1.29 is 4.92 Å². The molecule has 0 saturated heterocycles. The van der Waals surface area contributed by atoms with Crippen molar-refractivity contribution in [2.24, 2.45) is 0 Å². The Hall–Kier alpha value is -2.43. The zero-order valence-corrected chi connectivity index (χ0v) is 10.7. The van der Waals surface area contributed by atoms with Crippen molar-refractivity contribution in [1.29, 1.82) is 0 Å². The molecule has 1 aromatic heterocycles. The Morgan fingerprint density at radius 1 is 1.37 bits per heavy atom. The van der Waals surface area contributed by atoms with Gasteiger partial charge in [0.05, 0.1) is 4.92 Å². The molecule has 0 radical (unpaired) electrons. The molecule has 19 heavy (non-hydrogen) atoms. The van der Waals surface area contributed by atoms with E-state index in [1.54, 1.807) is 24.5 Å². The van der Waals surface area contributed by atoms with Gasteiger partial charge in [-0.2, -0.15) is 0 Å². The monoisotopic (exact) mass is 257 g/mol. The summed E-state index contributed by atoms with van der Waals surface area (Å²) in [7, 11) is 0. The Morgan fingerprint density at radius 2 is 2.21 bits per heavy atom. The number of rotatable bonds is 5. The predicted octanol–water partition coefficient (Wildman–Crippen LogP) is 2.95. The molecule has 1 N–H and O–H groups in total. The quantitative estimate of drug-likeness (QED) is 0.660. The molecule has 2 aromatic rings. The third kappa shape index (κ3) is 3.51. The van der Waals surface area contributed by atoms with E-state index in [0.717, 1.165) is 17.5 Å². The Balaban J connectivity index is 2.03. The molecule has 5 heteroatoms. The van der Waals surface area contributed by atoms with E-state index in [9.17, 15) is 10.1 Å². The summed E-state index contributed by atoms with van der Waals surface area (Å²) in [4.78, 5) is 14.6. The van der Waals surface area contributed by atoms with Crippen molar-refractivity contribution in [3.05, 3.63) is 64.0 Å². The minimum Gasteiger partial charge on any atom is -0.379 e. The Morgan fingerprint density at radius 3 is 2.89 bits per heavy atom. The van der Waals surface area contributed by atoms with Gasteiger partial charge in [0.25, 0.3) is 5.69 Å². The summed E-state index contributed by atoms with van der Waals surface area (Å²) in [5.41, 5.74) is 2.77. The van der Waals surface area contributed by atoms with Crippen molar-refractivity contribution in [2.45, 2.75) is 13.3 Å². The molecule has 98 valence electrons. The van der Waals surface area contributed by atoms with Crippen LogP contribution in [0.2, 0.25) is 0 Å². The smallest absolute Gasteiger partial charge is 0.292 e. The molecule has 0 amide bonds. The van der Waals surface area contributed by atoms with Crippen LogP contribution in [0.5, 0.6) is 0 Å². The van der Waals surface area contributed by atoms with Gasteiger partial charge < -0.3 is 5.32 Å². The van der Waals surface area contributed by atoms with Crippen LogP contribution in [-0.4, -0.2) is 16.5 Å². The Labute approximate surface area is 111 Å². The first-order chi connectivity index (χ1) is 9.16. The number of hydrogen-bond donors (Lipinski definition) is 1. The van der Waals surface area contributed by atoms with Crippen molar-refractivity contribution in [3.8, 4) is 0 Å². The maximum Gasteiger partial charge on any atom is 0.292 e. The first-order valence-corrected chi connectivity index (χ1v) is 6.04. The SMILES string of the molecule is Cc1ccc([N+](=O)[O-])c(NCCc2cccnc2)c1. The van der Waals surface area contributed by atoms with Crippen molar-refractivity contribution in [1.82, 2.24) is 4.98 Å². The van der Waals surface area contributed by atoms with E-state index in [1.165, 1.54) is 6.07 Å². The van der Waals surface area contributed by atoms with Crippen LogP contribution in [0.15, 0.2) is 42.7 Å². The summed E-state index contributed by atoms with van der Waals surface area (Å²) in [6.07, 6.45) is 4.30. The first kappa shape index (κ1) is 13.0. The highest BCUT2D eigenvalue weighted by Gasteiger charge is 2.12. The molecule has 1 heterocycles. The molecule has 2 rings (SSSR count).